The van der Waals surface area contributed by atoms with Crippen LogP contribution in [0, 0.1) is 23.7 Å². The van der Waals surface area contributed by atoms with E-state index < -0.39 is 17.9 Å². The van der Waals surface area contributed by atoms with Gasteiger partial charge in [-0.3, -0.25) is 19.3 Å². The number of likely N-dealkylation sites (tertiary alicyclic amines) is 1. The summed E-state index contributed by atoms with van der Waals surface area (Å²) in [5.74, 6) is -2.88. The lowest BCUT2D eigenvalue weighted by molar-refractivity contribution is -0.156. The highest BCUT2D eigenvalue weighted by Crippen LogP contribution is 2.56. The van der Waals surface area contributed by atoms with E-state index in [0.717, 1.165) is 24.2 Å². The third-order valence-corrected chi connectivity index (χ3v) is 5.22. The number of carboxylic acid groups (broad SMARTS) is 1. The predicted molar refractivity (Wildman–Crippen MR) is 69.5 cm³/mol. The van der Waals surface area contributed by atoms with E-state index in [1.54, 1.807) is 0 Å². The summed E-state index contributed by atoms with van der Waals surface area (Å²) in [6.45, 7) is 0. The Morgan fingerprint density at radius 3 is 2.14 bits per heavy atom. The molecule has 3 amide bonds. The molecule has 0 unspecified atom stereocenters. The van der Waals surface area contributed by atoms with Crippen LogP contribution < -0.4 is 5.73 Å². The molecule has 3 N–H and O–H groups in total. The number of nitrogens with zero attached hydrogens (tertiary/aromatic N) is 1. The summed E-state index contributed by atoms with van der Waals surface area (Å²) in [6, 6.07) is -1.28. The lowest BCUT2D eigenvalue weighted by Crippen LogP contribution is -2.46. The number of aliphatic carboxylic acids is 1. The van der Waals surface area contributed by atoms with E-state index in [1.165, 1.54) is 0 Å². The summed E-state index contributed by atoms with van der Waals surface area (Å²) in [7, 11) is 0. The van der Waals surface area contributed by atoms with Gasteiger partial charge < -0.3 is 10.8 Å². The van der Waals surface area contributed by atoms with Gasteiger partial charge in [0.25, 0.3) is 0 Å². The lowest BCUT2D eigenvalue weighted by Gasteiger charge is -2.24. The van der Waals surface area contributed by atoms with Gasteiger partial charge in [-0.05, 0) is 37.5 Å². The molecule has 5 atom stereocenters. The first kappa shape index (κ1) is 14.0. The maximum absolute atomic E-state index is 12.5. The number of nitrogens with two attached hydrogens (primary N) is 1. The van der Waals surface area contributed by atoms with Crippen LogP contribution in [0.15, 0.2) is 0 Å². The molecule has 2 saturated carbocycles. The Morgan fingerprint density at radius 1 is 1.19 bits per heavy atom. The minimum Gasteiger partial charge on any atom is -0.480 e. The van der Waals surface area contributed by atoms with Crippen LogP contribution in [0.4, 0.5) is 0 Å². The van der Waals surface area contributed by atoms with Crippen molar-refractivity contribution in [1.82, 2.24) is 4.90 Å². The number of hydrogen-bond acceptors (Lipinski definition) is 4. The van der Waals surface area contributed by atoms with Crippen molar-refractivity contribution in [2.75, 3.05) is 0 Å². The van der Waals surface area contributed by atoms with Gasteiger partial charge in [-0.1, -0.05) is 0 Å². The molecule has 2 aliphatic carbocycles. The topological polar surface area (TPSA) is 118 Å². The second-order valence-corrected chi connectivity index (χ2v) is 6.29. The highest BCUT2D eigenvalue weighted by atomic mass is 16.4. The SMILES string of the molecule is NC(=O)CC[C@@H](C(=O)O)N1C(=O)[C@@H]2[C@@H]3CC[C@H](C3)[C@H]2C1=O. The van der Waals surface area contributed by atoms with Crippen molar-refractivity contribution in [3.63, 3.8) is 0 Å². The number of rotatable bonds is 5. The molecule has 3 rings (SSSR count). The molecule has 0 aromatic rings. The number of fused-ring (bicyclic) bond motifs is 5. The minimum absolute atomic E-state index is 0.114. The Labute approximate surface area is 121 Å². The van der Waals surface area contributed by atoms with E-state index in [9.17, 15) is 24.3 Å². The molecule has 3 aliphatic rings. The molecule has 1 saturated heterocycles. The quantitative estimate of drug-likeness (QED) is 0.677. The molecule has 21 heavy (non-hydrogen) atoms. The predicted octanol–water partition coefficient (Wildman–Crippen LogP) is -0.264. The molecule has 0 aromatic carbocycles. The van der Waals surface area contributed by atoms with Crippen molar-refractivity contribution in [2.24, 2.45) is 29.4 Å². The summed E-state index contributed by atoms with van der Waals surface area (Å²) >= 11 is 0. The Bertz CT molecular complexity index is 503. The fourth-order valence-electron chi connectivity index (χ4n) is 4.38. The van der Waals surface area contributed by atoms with Crippen LogP contribution in [-0.4, -0.2) is 39.7 Å². The van der Waals surface area contributed by atoms with E-state index in [-0.39, 0.29) is 48.3 Å². The van der Waals surface area contributed by atoms with E-state index in [1.807, 2.05) is 0 Å². The molecule has 0 aromatic heterocycles. The van der Waals surface area contributed by atoms with Crippen LogP contribution in [0.5, 0.6) is 0 Å². The van der Waals surface area contributed by atoms with Gasteiger partial charge in [0.05, 0.1) is 11.8 Å². The first-order valence-electron chi connectivity index (χ1n) is 7.30. The Kier molecular flexibility index (Phi) is 3.22. The molecular formula is C14H18N2O5. The zero-order chi connectivity index (χ0) is 15.3. The summed E-state index contributed by atoms with van der Waals surface area (Å²) in [5, 5.41) is 9.29. The van der Waals surface area contributed by atoms with Crippen molar-refractivity contribution in [3.8, 4) is 0 Å². The molecule has 0 radical (unpaired) electrons. The number of carbonyl (C=O) groups is 4. The van der Waals surface area contributed by atoms with E-state index >= 15 is 0 Å². The molecule has 3 fully saturated rings. The average molecular weight is 294 g/mol. The van der Waals surface area contributed by atoms with Crippen molar-refractivity contribution in [1.29, 1.82) is 0 Å². The maximum Gasteiger partial charge on any atom is 0.326 e. The van der Waals surface area contributed by atoms with Crippen LogP contribution in [0.3, 0.4) is 0 Å². The zero-order valence-corrected chi connectivity index (χ0v) is 11.5. The third-order valence-electron chi connectivity index (χ3n) is 5.22. The van der Waals surface area contributed by atoms with Gasteiger partial charge >= 0.3 is 5.97 Å². The van der Waals surface area contributed by atoms with Crippen molar-refractivity contribution in [3.05, 3.63) is 0 Å². The normalized spacial score (nSPS) is 35.1. The number of carboxylic acids is 1. The maximum atomic E-state index is 12.5. The van der Waals surface area contributed by atoms with Gasteiger partial charge in [-0.2, -0.15) is 0 Å². The molecular weight excluding hydrogens is 276 g/mol. The molecule has 7 nitrogen and oxygen atoms in total. The number of imide groups is 1. The Hall–Kier alpha value is -1.92. The fourth-order valence-corrected chi connectivity index (χ4v) is 4.38. The van der Waals surface area contributed by atoms with Gasteiger partial charge in [0.1, 0.15) is 6.04 Å². The van der Waals surface area contributed by atoms with Crippen LogP contribution in [0.1, 0.15) is 32.1 Å². The summed E-state index contributed by atoms with van der Waals surface area (Å²) in [6.07, 6.45) is 2.52. The number of primary amides is 1. The Balaban J connectivity index is 1.84. The second-order valence-electron chi connectivity index (χ2n) is 6.29. The summed E-state index contributed by atoms with van der Waals surface area (Å²) in [4.78, 5) is 48.1. The van der Waals surface area contributed by atoms with Gasteiger partial charge in [0.2, 0.25) is 17.7 Å². The van der Waals surface area contributed by atoms with Crippen LogP contribution in [-0.2, 0) is 19.2 Å². The van der Waals surface area contributed by atoms with Gasteiger partial charge in [-0.25, -0.2) is 4.79 Å². The van der Waals surface area contributed by atoms with E-state index in [2.05, 4.69) is 0 Å². The third kappa shape index (κ3) is 2.02. The standard InChI is InChI=1S/C14H18N2O5/c15-9(17)4-3-8(14(20)21)16-12(18)10-6-1-2-7(5-6)11(10)13(16)19/h6-8,10-11H,1-5H2,(H2,15,17)(H,20,21)/t6-,7-,8+,10-,11-/m1/s1. The zero-order valence-electron chi connectivity index (χ0n) is 11.5. The van der Waals surface area contributed by atoms with Gasteiger partial charge in [0.15, 0.2) is 0 Å². The largest absolute Gasteiger partial charge is 0.480 e. The molecule has 2 bridgehead atoms. The Morgan fingerprint density at radius 2 is 1.71 bits per heavy atom. The first-order chi connectivity index (χ1) is 9.91. The molecule has 1 aliphatic heterocycles. The monoisotopic (exact) mass is 294 g/mol. The number of hydrogen-bond donors (Lipinski definition) is 2. The lowest BCUT2D eigenvalue weighted by atomic mass is 9.81. The summed E-state index contributed by atoms with van der Waals surface area (Å²) in [5.41, 5.74) is 5.03. The first-order valence-corrected chi connectivity index (χ1v) is 7.30. The highest BCUT2D eigenvalue weighted by molar-refractivity contribution is 6.08. The smallest absolute Gasteiger partial charge is 0.326 e. The average Bonchev–Trinajstić information content (AvgIpc) is 3.06. The second kappa shape index (κ2) is 4.82. The fraction of sp³-hybridized carbons (Fsp3) is 0.714. The number of amides is 3. The van der Waals surface area contributed by atoms with Gasteiger partial charge in [-0.15, -0.1) is 0 Å². The van der Waals surface area contributed by atoms with E-state index in [4.69, 9.17) is 5.73 Å². The van der Waals surface area contributed by atoms with Crippen LogP contribution in [0.2, 0.25) is 0 Å². The van der Waals surface area contributed by atoms with Crippen molar-refractivity contribution in [2.45, 2.75) is 38.1 Å². The minimum atomic E-state index is -1.28. The summed E-state index contributed by atoms with van der Waals surface area (Å²) < 4.78 is 0. The molecule has 114 valence electrons. The molecule has 1 heterocycles. The van der Waals surface area contributed by atoms with Crippen LogP contribution >= 0.6 is 0 Å². The highest BCUT2D eigenvalue weighted by Gasteiger charge is 2.62. The molecule has 0 spiro atoms. The van der Waals surface area contributed by atoms with Crippen molar-refractivity contribution < 1.29 is 24.3 Å². The van der Waals surface area contributed by atoms with Crippen molar-refractivity contribution >= 4 is 23.7 Å². The molecule has 7 heteroatoms. The van der Waals surface area contributed by atoms with E-state index in [0.29, 0.717) is 0 Å². The van der Waals surface area contributed by atoms with Gasteiger partial charge in [0, 0.05) is 6.42 Å². The van der Waals surface area contributed by atoms with Crippen LogP contribution in [0.25, 0.3) is 0 Å². The number of carbonyl (C=O) groups excluding carboxylic acids is 3.